The quantitative estimate of drug-likeness (QED) is 0.422. The fourth-order valence-electron chi connectivity index (χ4n) is 2.68. The maximum atomic E-state index is 13.6. The number of halogens is 1. The molecule has 0 saturated carbocycles. The van der Waals surface area contributed by atoms with Gasteiger partial charge >= 0.3 is 5.97 Å². The Morgan fingerprint density at radius 1 is 1.35 bits per heavy atom. The van der Waals surface area contributed by atoms with E-state index in [1.165, 1.54) is 41.4 Å². The predicted molar refractivity (Wildman–Crippen MR) is 98.3 cm³/mol. The summed E-state index contributed by atoms with van der Waals surface area (Å²) in [5.74, 6) is 0.573. The van der Waals surface area contributed by atoms with E-state index < -0.39 is 12.0 Å². The maximum Gasteiger partial charge on any atom is 0.329 e. The molecule has 2 atom stereocenters. The van der Waals surface area contributed by atoms with E-state index in [0.717, 1.165) is 0 Å². The molecule has 2 heterocycles. The highest BCUT2D eigenvalue weighted by molar-refractivity contribution is 7.99. The molecule has 1 saturated heterocycles. The number of ether oxygens (including phenoxy) is 1. The average molecular weight is 395 g/mol. The minimum absolute atomic E-state index is 0.149. The molecule has 1 aromatic heterocycles. The lowest BCUT2D eigenvalue weighted by atomic mass is 10.2. The number of nitrogens with zero attached hydrogens (tertiary/aromatic N) is 1. The average Bonchev–Trinajstić information content (AvgIpc) is 3.28. The van der Waals surface area contributed by atoms with Crippen molar-refractivity contribution in [3.63, 3.8) is 0 Å². The van der Waals surface area contributed by atoms with Crippen molar-refractivity contribution >= 4 is 35.4 Å². The zero-order valence-corrected chi connectivity index (χ0v) is 15.7. The molecule has 0 N–H and O–H groups in total. The summed E-state index contributed by atoms with van der Waals surface area (Å²) in [6, 6.07) is 9.35. The predicted octanol–water partition coefficient (Wildman–Crippen LogP) is 3.72. The van der Waals surface area contributed by atoms with Crippen molar-refractivity contribution < 1.29 is 23.1 Å². The first-order valence-electron chi connectivity index (χ1n) is 8.06. The molecule has 26 heavy (non-hydrogen) atoms. The van der Waals surface area contributed by atoms with Gasteiger partial charge in [0.25, 0.3) is 0 Å². The van der Waals surface area contributed by atoms with E-state index in [0.29, 0.717) is 22.2 Å². The molecule has 138 valence electrons. The van der Waals surface area contributed by atoms with Crippen LogP contribution < -0.4 is 0 Å². The van der Waals surface area contributed by atoms with Crippen LogP contribution in [0, 0.1) is 5.82 Å². The van der Waals surface area contributed by atoms with Gasteiger partial charge in [0.2, 0.25) is 5.91 Å². The van der Waals surface area contributed by atoms with Crippen LogP contribution in [0.2, 0.25) is 0 Å². The third-order valence-corrected chi connectivity index (χ3v) is 6.14. The third kappa shape index (κ3) is 4.24. The zero-order chi connectivity index (χ0) is 18.5. The van der Waals surface area contributed by atoms with Gasteiger partial charge in [0.1, 0.15) is 29.6 Å². The molecule has 0 unspecified atom stereocenters. The van der Waals surface area contributed by atoms with Crippen molar-refractivity contribution in [3.05, 3.63) is 54.2 Å². The summed E-state index contributed by atoms with van der Waals surface area (Å²) in [4.78, 5) is 26.5. The van der Waals surface area contributed by atoms with Gasteiger partial charge in [-0.3, -0.25) is 4.79 Å². The van der Waals surface area contributed by atoms with Crippen LogP contribution >= 0.6 is 23.5 Å². The first-order chi connectivity index (χ1) is 12.6. The molecule has 1 aliphatic heterocycles. The molecule has 2 aromatic rings. The van der Waals surface area contributed by atoms with Gasteiger partial charge in [-0.1, -0.05) is 12.1 Å². The number of hydrogen-bond donors (Lipinski definition) is 0. The highest BCUT2D eigenvalue weighted by atomic mass is 32.2. The third-order valence-electron chi connectivity index (χ3n) is 3.84. The Hall–Kier alpha value is -1.93. The standard InChI is InChI=1S/C18H18FNO4S2/c1-12(21)20-14(11-26-17(20)15-6-4-8-23-15)18(22)24-9-10-25-16-7-3-2-5-13(16)19/h2-8,14,17H,9-11H2,1H3/t14-,17-/m1/s1. The summed E-state index contributed by atoms with van der Waals surface area (Å²) in [5, 5.41) is -0.326. The van der Waals surface area contributed by atoms with Crippen molar-refractivity contribution in [1.29, 1.82) is 0 Å². The van der Waals surface area contributed by atoms with E-state index in [-0.39, 0.29) is 23.7 Å². The summed E-state index contributed by atoms with van der Waals surface area (Å²) >= 11 is 2.75. The van der Waals surface area contributed by atoms with Crippen LogP contribution in [0.3, 0.4) is 0 Å². The number of esters is 1. The van der Waals surface area contributed by atoms with Gasteiger partial charge in [-0.25, -0.2) is 9.18 Å². The van der Waals surface area contributed by atoms with Gasteiger partial charge in [0.05, 0.1) is 6.26 Å². The van der Waals surface area contributed by atoms with Crippen molar-refractivity contribution in [2.24, 2.45) is 0 Å². The molecule has 0 spiro atoms. The summed E-state index contributed by atoms with van der Waals surface area (Å²) in [6.07, 6.45) is 1.54. The van der Waals surface area contributed by atoms with Crippen molar-refractivity contribution in [2.75, 3.05) is 18.1 Å². The zero-order valence-electron chi connectivity index (χ0n) is 14.1. The Kier molecular flexibility index (Phi) is 6.26. The molecule has 1 fully saturated rings. The van der Waals surface area contributed by atoms with Gasteiger partial charge in [-0.15, -0.1) is 23.5 Å². The molecule has 5 nitrogen and oxygen atoms in total. The molecule has 0 radical (unpaired) electrons. The van der Waals surface area contributed by atoms with Crippen LogP contribution in [0.25, 0.3) is 0 Å². The minimum Gasteiger partial charge on any atom is -0.466 e. The molecular formula is C18H18FNO4S2. The molecule has 1 aromatic carbocycles. The SMILES string of the molecule is CC(=O)N1[C@@H](C(=O)OCCSc2ccccc2F)CS[C@@H]1c1ccco1. The van der Waals surface area contributed by atoms with Gasteiger partial charge < -0.3 is 14.1 Å². The van der Waals surface area contributed by atoms with Crippen LogP contribution in [-0.2, 0) is 14.3 Å². The fourth-order valence-corrected chi connectivity index (χ4v) is 4.86. The van der Waals surface area contributed by atoms with Gasteiger partial charge in [0, 0.05) is 23.3 Å². The second-order valence-corrected chi connectivity index (χ2v) is 7.84. The topological polar surface area (TPSA) is 59.8 Å². The van der Waals surface area contributed by atoms with E-state index in [9.17, 15) is 14.0 Å². The van der Waals surface area contributed by atoms with E-state index >= 15 is 0 Å². The number of amides is 1. The monoisotopic (exact) mass is 395 g/mol. The number of benzene rings is 1. The van der Waals surface area contributed by atoms with Crippen molar-refractivity contribution in [2.45, 2.75) is 23.2 Å². The Labute approximate surface area is 159 Å². The van der Waals surface area contributed by atoms with E-state index in [1.54, 1.807) is 36.6 Å². The lowest BCUT2D eigenvalue weighted by Gasteiger charge is -2.25. The highest BCUT2D eigenvalue weighted by Crippen LogP contribution is 2.41. The fraction of sp³-hybridized carbons (Fsp3) is 0.333. The second kappa shape index (κ2) is 8.64. The summed E-state index contributed by atoms with van der Waals surface area (Å²) in [7, 11) is 0. The number of hydrogen-bond acceptors (Lipinski definition) is 6. The van der Waals surface area contributed by atoms with Crippen molar-refractivity contribution in [1.82, 2.24) is 4.90 Å². The largest absolute Gasteiger partial charge is 0.466 e. The van der Waals surface area contributed by atoms with Gasteiger partial charge in [-0.05, 0) is 24.3 Å². The van der Waals surface area contributed by atoms with Crippen molar-refractivity contribution in [3.8, 4) is 0 Å². The summed E-state index contributed by atoms with van der Waals surface area (Å²) in [5.41, 5.74) is 0. The van der Waals surface area contributed by atoms with Crippen LogP contribution in [-0.4, -0.2) is 40.9 Å². The Bertz CT molecular complexity index is 768. The molecular weight excluding hydrogens is 377 g/mol. The van der Waals surface area contributed by atoms with Gasteiger partial charge in [-0.2, -0.15) is 0 Å². The normalized spacial score (nSPS) is 19.5. The Morgan fingerprint density at radius 2 is 2.15 bits per heavy atom. The lowest BCUT2D eigenvalue weighted by Crippen LogP contribution is -2.42. The second-order valence-electron chi connectivity index (χ2n) is 5.59. The molecule has 0 aliphatic carbocycles. The van der Waals surface area contributed by atoms with E-state index in [4.69, 9.17) is 9.15 Å². The van der Waals surface area contributed by atoms with E-state index in [1.807, 2.05) is 0 Å². The van der Waals surface area contributed by atoms with Crippen LogP contribution in [0.15, 0.2) is 52.0 Å². The molecule has 1 amide bonds. The van der Waals surface area contributed by atoms with Crippen LogP contribution in [0.4, 0.5) is 4.39 Å². The number of carbonyl (C=O) groups excluding carboxylic acids is 2. The van der Waals surface area contributed by atoms with E-state index in [2.05, 4.69) is 0 Å². The summed E-state index contributed by atoms with van der Waals surface area (Å²) in [6.45, 7) is 1.58. The highest BCUT2D eigenvalue weighted by Gasteiger charge is 2.43. The van der Waals surface area contributed by atoms with Crippen LogP contribution in [0.5, 0.6) is 0 Å². The number of thioether (sulfide) groups is 2. The first-order valence-corrected chi connectivity index (χ1v) is 10.1. The Morgan fingerprint density at radius 3 is 2.85 bits per heavy atom. The number of furan rings is 1. The molecule has 8 heteroatoms. The smallest absolute Gasteiger partial charge is 0.329 e. The minimum atomic E-state index is -0.647. The van der Waals surface area contributed by atoms with Crippen LogP contribution in [0.1, 0.15) is 18.1 Å². The lowest BCUT2D eigenvalue weighted by molar-refractivity contribution is -0.153. The first kappa shape index (κ1) is 18.8. The summed E-state index contributed by atoms with van der Waals surface area (Å²) < 4.78 is 24.2. The maximum absolute atomic E-state index is 13.6. The number of rotatable bonds is 6. The molecule has 1 aliphatic rings. The molecule has 3 rings (SSSR count). The Balaban J connectivity index is 1.54. The molecule has 0 bridgehead atoms. The number of carbonyl (C=O) groups is 2. The van der Waals surface area contributed by atoms with Gasteiger partial charge in [0.15, 0.2) is 0 Å².